The average Bonchev–Trinajstić information content (AvgIpc) is 2.47. The molecule has 1 rings (SSSR count). The largest absolute Gasteiger partial charge is 0.468 e. The van der Waals surface area contributed by atoms with Crippen molar-refractivity contribution < 1.29 is 23.1 Å². The van der Waals surface area contributed by atoms with Gasteiger partial charge < -0.3 is 9.84 Å². The van der Waals surface area contributed by atoms with Crippen LogP contribution in [0.5, 0.6) is 0 Å². The number of aliphatic hydroxyl groups excluding tert-OH is 1. The van der Waals surface area contributed by atoms with Gasteiger partial charge in [0.2, 0.25) is 10.0 Å². The van der Waals surface area contributed by atoms with Crippen molar-refractivity contribution >= 4 is 16.0 Å². The molecule has 6 nitrogen and oxygen atoms in total. The molecular formula is C14H17NO5S. The highest BCUT2D eigenvalue weighted by atomic mass is 32.2. The SMILES string of the molecule is COC(=O)CN(C)S(=O)(=O)c1ccccc1C#CCCO. The van der Waals surface area contributed by atoms with Crippen LogP contribution >= 0.6 is 0 Å². The van der Waals surface area contributed by atoms with Gasteiger partial charge in [-0.3, -0.25) is 4.79 Å². The zero-order valence-corrected chi connectivity index (χ0v) is 12.7. The van der Waals surface area contributed by atoms with Crippen LogP contribution < -0.4 is 0 Å². The molecule has 0 spiro atoms. The molecule has 0 aliphatic rings. The summed E-state index contributed by atoms with van der Waals surface area (Å²) in [5.74, 6) is 4.74. The van der Waals surface area contributed by atoms with Crippen molar-refractivity contribution in [2.24, 2.45) is 0 Å². The quantitative estimate of drug-likeness (QED) is 0.621. The summed E-state index contributed by atoms with van der Waals surface area (Å²) in [5, 5.41) is 8.71. The van der Waals surface area contributed by atoms with Crippen molar-refractivity contribution in [1.82, 2.24) is 4.31 Å². The Kier molecular flexibility index (Phi) is 6.37. The number of rotatable bonds is 5. The van der Waals surface area contributed by atoms with E-state index in [9.17, 15) is 13.2 Å². The molecule has 1 aromatic rings. The summed E-state index contributed by atoms with van der Waals surface area (Å²) in [6.07, 6.45) is 0.256. The monoisotopic (exact) mass is 311 g/mol. The van der Waals surface area contributed by atoms with E-state index < -0.39 is 16.0 Å². The Morgan fingerprint density at radius 1 is 1.38 bits per heavy atom. The Morgan fingerprint density at radius 3 is 2.67 bits per heavy atom. The third kappa shape index (κ3) is 4.56. The molecule has 0 aliphatic heterocycles. The number of carbonyl (C=O) groups is 1. The van der Waals surface area contributed by atoms with Crippen LogP contribution in [0.2, 0.25) is 0 Å². The van der Waals surface area contributed by atoms with Crippen molar-refractivity contribution in [3.05, 3.63) is 29.8 Å². The van der Waals surface area contributed by atoms with Crippen molar-refractivity contribution in [1.29, 1.82) is 0 Å². The topological polar surface area (TPSA) is 83.9 Å². The zero-order chi connectivity index (χ0) is 15.9. The molecule has 0 saturated heterocycles. The van der Waals surface area contributed by atoms with E-state index in [4.69, 9.17) is 5.11 Å². The summed E-state index contributed by atoms with van der Waals surface area (Å²) >= 11 is 0. The highest BCUT2D eigenvalue weighted by molar-refractivity contribution is 7.89. The van der Waals surface area contributed by atoms with Crippen molar-refractivity contribution in [3.8, 4) is 11.8 Å². The van der Waals surface area contributed by atoms with E-state index in [2.05, 4.69) is 16.6 Å². The van der Waals surface area contributed by atoms with Gasteiger partial charge in [-0.15, -0.1) is 0 Å². The van der Waals surface area contributed by atoms with Gasteiger partial charge in [0.05, 0.1) is 18.6 Å². The first-order valence-electron chi connectivity index (χ1n) is 6.15. The molecule has 0 bridgehead atoms. The molecule has 0 aromatic heterocycles. The van der Waals surface area contributed by atoms with Crippen LogP contribution in [0.4, 0.5) is 0 Å². The van der Waals surface area contributed by atoms with E-state index in [0.717, 1.165) is 4.31 Å². The molecule has 0 radical (unpaired) electrons. The van der Waals surface area contributed by atoms with Gasteiger partial charge in [0, 0.05) is 19.0 Å². The predicted octanol–water partition coefficient (Wildman–Crippen LogP) is 0.214. The van der Waals surface area contributed by atoms with Crippen molar-refractivity contribution in [2.45, 2.75) is 11.3 Å². The number of hydrogen-bond donors (Lipinski definition) is 1. The molecule has 0 atom stereocenters. The number of esters is 1. The van der Waals surface area contributed by atoms with Gasteiger partial charge in [-0.1, -0.05) is 24.0 Å². The summed E-state index contributed by atoms with van der Waals surface area (Å²) < 4.78 is 30.2. The van der Waals surface area contributed by atoms with E-state index in [1.165, 1.54) is 20.2 Å². The number of sulfonamides is 1. The molecule has 1 aromatic carbocycles. The second-order valence-electron chi connectivity index (χ2n) is 4.11. The van der Waals surface area contributed by atoms with Crippen LogP contribution in [0.25, 0.3) is 0 Å². The van der Waals surface area contributed by atoms with Gasteiger partial charge in [-0.25, -0.2) is 8.42 Å². The Hall–Kier alpha value is -1.88. The lowest BCUT2D eigenvalue weighted by atomic mass is 10.2. The fraction of sp³-hybridized carbons (Fsp3) is 0.357. The van der Waals surface area contributed by atoms with Gasteiger partial charge in [-0.05, 0) is 12.1 Å². The fourth-order valence-electron chi connectivity index (χ4n) is 1.51. The molecule has 0 fully saturated rings. The first kappa shape index (κ1) is 17.2. The van der Waals surface area contributed by atoms with Crippen LogP contribution in [0.15, 0.2) is 29.2 Å². The molecule has 21 heavy (non-hydrogen) atoms. The maximum absolute atomic E-state index is 12.4. The van der Waals surface area contributed by atoms with E-state index in [1.54, 1.807) is 18.2 Å². The number of benzene rings is 1. The Morgan fingerprint density at radius 2 is 2.05 bits per heavy atom. The second-order valence-corrected chi connectivity index (χ2v) is 6.12. The molecule has 0 aliphatic carbocycles. The number of nitrogens with zero attached hydrogens (tertiary/aromatic N) is 1. The minimum atomic E-state index is -3.84. The molecule has 7 heteroatoms. The predicted molar refractivity (Wildman–Crippen MR) is 76.9 cm³/mol. The van der Waals surface area contributed by atoms with Gasteiger partial charge in [0.25, 0.3) is 0 Å². The molecule has 1 N–H and O–H groups in total. The molecule has 114 valence electrons. The van der Waals surface area contributed by atoms with E-state index >= 15 is 0 Å². The highest BCUT2D eigenvalue weighted by Crippen LogP contribution is 2.18. The van der Waals surface area contributed by atoms with Crippen LogP contribution in [0.3, 0.4) is 0 Å². The molecule has 0 unspecified atom stereocenters. The molecular weight excluding hydrogens is 294 g/mol. The fourth-order valence-corrected chi connectivity index (χ4v) is 2.77. The summed E-state index contributed by atoms with van der Waals surface area (Å²) in [6, 6.07) is 6.24. The Balaban J connectivity index is 3.14. The lowest BCUT2D eigenvalue weighted by Crippen LogP contribution is -2.33. The van der Waals surface area contributed by atoms with Gasteiger partial charge in [0.15, 0.2) is 0 Å². The molecule has 0 saturated carbocycles. The maximum atomic E-state index is 12.4. The van der Waals surface area contributed by atoms with Crippen LogP contribution in [0.1, 0.15) is 12.0 Å². The number of methoxy groups -OCH3 is 1. The van der Waals surface area contributed by atoms with Crippen molar-refractivity contribution in [2.75, 3.05) is 27.3 Å². The zero-order valence-electron chi connectivity index (χ0n) is 11.9. The lowest BCUT2D eigenvalue weighted by Gasteiger charge is -2.16. The minimum Gasteiger partial charge on any atom is -0.468 e. The maximum Gasteiger partial charge on any atom is 0.321 e. The third-order valence-electron chi connectivity index (χ3n) is 2.61. The first-order chi connectivity index (χ1) is 9.93. The van der Waals surface area contributed by atoms with Crippen molar-refractivity contribution in [3.63, 3.8) is 0 Å². The number of carbonyl (C=O) groups excluding carboxylic acids is 1. The average molecular weight is 311 g/mol. The Labute approximate surface area is 124 Å². The van der Waals surface area contributed by atoms with Crippen LogP contribution in [0, 0.1) is 11.8 Å². The summed E-state index contributed by atoms with van der Waals surface area (Å²) in [4.78, 5) is 11.2. The van der Waals surface area contributed by atoms with E-state index in [0.29, 0.717) is 5.56 Å². The first-order valence-corrected chi connectivity index (χ1v) is 7.59. The Bertz CT molecular complexity index is 657. The lowest BCUT2D eigenvalue weighted by molar-refractivity contribution is -0.140. The number of likely N-dealkylation sites (N-methyl/N-ethyl adjacent to an activating group) is 1. The normalized spacial score (nSPS) is 10.9. The molecule has 0 heterocycles. The third-order valence-corrected chi connectivity index (χ3v) is 4.48. The summed E-state index contributed by atoms with van der Waals surface area (Å²) in [6.45, 7) is -0.471. The van der Waals surface area contributed by atoms with E-state index in [-0.39, 0.29) is 24.5 Å². The van der Waals surface area contributed by atoms with E-state index in [1.807, 2.05) is 0 Å². The minimum absolute atomic E-state index is 0.0156. The van der Waals surface area contributed by atoms with Gasteiger partial charge >= 0.3 is 5.97 Å². The smallest absolute Gasteiger partial charge is 0.321 e. The van der Waals surface area contributed by atoms with Gasteiger partial charge in [0.1, 0.15) is 6.54 Å². The number of aliphatic hydroxyl groups is 1. The summed E-state index contributed by atoms with van der Waals surface area (Å²) in [5.41, 5.74) is 0.322. The number of ether oxygens (including phenoxy) is 1. The second kappa shape index (κ2) is 7.78. The number of hydrogen-bond acceptors (Lipinski definition) is 5. The molecule has 0 amide bonds. The van der Waals surface area contributed by atoms with Gasteiger partial charge in [-0.2, -0.15) is 4.31 Å². The highest BCUT2D eigenvalue weighted by Gasteiger charge is 2.25. The standard InChI is InChI=1S/C14H17NO5S/c1-15(11-14(17)20-2)21(18,19)13-9-4-3-7-12(13)8-5-6-10-16/h3-4,7,9,16H,6,10-11H2,1-2H3. The van der Waals surface area contributed by atoms with Crippen LogP contribution in [-0.2, 0) is 19.6 Å². The summed E-state index contributed by atoms with van der Waals surface area (Å²) in [7, 11) is -1.36. The van der Waals surface area contributed by atoms with Crippen LogP contribution in [-0.4, -0.2) is 51.1 Å².